The number of rotatable bonds is 7. The molecule has 18 heavy (non-hydrogen) atoms. The van der Waals surface area contributed by atoms with Crippen LogP contribution in [0.5, 0.6) is 0 Å². The highest BCUT2D eigenvalue weighted by Crippen LogP contribution is 2.20. The molecular formula is C13H15FN2O2. The lowest BCUT2D eigenvalue weighted by Crippen LogP contribution is -2.29. The van der Waals surface area contributed by atoms with Crippen LogP contribution in [0.1, 0.15) is 16.8 Å². The Labute approximate surface area is 106 Å². The van der Waals surface area contributed by atoms with Gasteiger partial charge in [-0.05, 0) is 18.2 Å². The maximum absolute atomic E-state index is 13.8. The van der Waals surface area contributed by atoms with Gasteiger partial charge in [-0.25, -0.2) is 4.39 Å². The van der Waals surface area contributed by atoms with E-state index >= 15 is 0 Å². The van der Waals surface area contributed by atoms with Gasteiger partial charge in [0.15, 0.2) is 0 Å². The van der Waals surface area contributed by atoms with Crippen LogP contribution in [0, 0.1) is 17.1 Å². The summed E-state index contributed by atoms with van der Waals surface area (Å²) in [4.78, 5) is 12.3. The minimum atomic E-state index is -0.464. The summed E-state index contributed by atoms with van der Waals surface area (Å²) >= 11 is 0. The number of anilines is 1. The van der Waals surface area contributed by atoms with Crippen molar-refractivity contribution in [2.75, 3.05) is 31.7 Å². The number of benzene rings is 1. The van der Waals surface area contributed by atoms with Crippen molar-refractivity contribution >= 4 is 12.0 Å². The summed E-state index contributed by atoms with van der Waals surface area (Å²) in [5.41, 5.74) is 0.677. The van der Waals surface area contributed by atoms with Crippen LogP contribution >= 0.6 is 0 Å². The number of carbonyl (C=O) groups is 1. The number of nitriles is 1. The zero-order valence-electron chi connectivity index (χ0n) is 10.2. The van der Waals surface area contributed by atoms with Crippen molar-refractivity contribution in [2.24, 2.45) is 0 Å². The molecule has 0 aromatic heterocycles. The summed E-state index contributed by atoms with van der Waals surface area (Å²) in [6.07, 6.45) is 0.903. The van der Waals surface area contributed by atoms with E-state index in [0.717, 1.165) is 0 Å². The molecule has 5 heteroatoms. The molecule has 0 unspecified atom stereocenters. The van der Waals surface area contributed by atoms with E-state index in [4.69, 9.17) is 10.00 Å². The fraction of sp³-hybridized carbons (Fsp3) is 0.385. The highest BCUT2D eigenvalue weighted by Gasteiger charge is 2.11. The van der Waals surface area contributed by atoms with Crippen molar-refractivity contribution in [1.29, 1.82) is 5.26 Å². The largest absolute Gasteiger partial charge is 0.383 e. The molecule has 1 aromatic carbocycles. The van der Waals surface area contributed by atoms with Crippen LogP contribution in [-0.2, 0) is 4.74 Å². The Bertz CT molecular complexity index is 443. The molecule has 0 radical (unpaired) electrons. The number of carbonyl (C=O) groups excluding carboxylic acids is 1. The van der Waals surface area contributed by atoms with E-state index in [2.05, 4.69) is 0 Å². The Kier molecular flexibility index (Phi) is 5.81. The highest BCUT2D eigenvalue weighted by molar-refractivity contribution is 5.76. The smallest absolute Gasteiger partial charge is 0.150 e. The predicted octanol–water partition coefficient (Wildman–Crippen LogP) is 2.00. The van der Waals surface area contributed by atoms with Gasteiger partial charge in [-0.15, -0.1) is 0 Å². The molecular weight excluding hydrogens is 235 g/mol. The summed E-state index contributed by atoms with van der Waals surface area (Å²) in [7, 11) is 1.56. The molecule has 0 saturated heterocycles. The molecule has 1 rings (SSSR count). The fourth-order valence-corrected chi connectivity index (χ4v) is 1.59. The molecule has 4 nitrogen and oxygen atoms in total. The van der Waals surface area contributed by atoms with E-state index in [9.17, 15) is 9.18 Å². The van der Waals surface area contributed by atoms with Crippen LogP contribution in [0.4, 0.5) is 10.1 Å². The maximum Gasteiger partial charge on any atom is 0.150 e. The Morgan fingerprint density at radius 1 is 1.50 bits per heavy atom. The summed E-state index contributed by atoms with van der Waals surface area (Å²) in [5, 5.41) is 8.59. The van der Waals surface area contributed by atoms with Crippen LogP contribution in [0.2, 0.25) is 0 Å². The van der Waals surface area contributed by atoms with Crippen LogP contribution in [0.15, 0.2) is 18.2 Å². The zero-order chi connectivity index (χ0) is 13.4. The SMILES string of the molecule is COCCN(CCC#N)c1ccc(C=O)cc1F. The fourth-order valence-electron chi connectivity index (χ4n) is 1.59. The number of hydrogen-bond acceptors (Lipinski definition) is 4. The summed E-state index contributed by atoms with van der Waals surface area (Å²) < 4.78 is 18.8. The van der Waals surface area contributed by atoms with Gasteiger partial charge < -0.3 is 9.64 Å². The minimum Gasteiger partial charge on any atom is -0.383 e. The number of aldehydes is 1. The van der Waals surface area contributed by atoms with Crippen molar-refractivity contribution in [3.05, 3.63) is 29.6 Å². The molecule has 0 amide bonds. The van der Waals surface area contributed by atoms with Crippen LogP contribution in [0.25, 0.3) is 0 Å². The lowest BCUT2D eigenvalue weighted by Gasteiger charge is -2.24. The third-order valence-electron chi connectivity index (χ3n) is 2.51. The standard InChI is InChI=1S/C13H15FN2O2/c1-18-8-7-16(6-2-5-15)13-4-3-11(10-17)9-12(13)14/h3-4,9-10H,2,6-8H2,1H3. The first-order valence-electron chi connectivity index (χ1n) is 5.58. The van der Waals surface area contributed by atoms with E-state index in [1.54, 1.807) is 24.1 Å². The summed E-state index contributed by atoms with van der Waals surface area (Å²) in [6, 6.07) is 6.32. The molecule has 0 spiro atoms. The van der Waals surface area contributed by atoms with Crippen LogP contribution in [0.3, 0.4) is 0 Å². The Morgan fingerprint density at radius 2 is 2.28 bits per heavy atom. The molecule has 0 aliphatic heterocycles. The quantitative estimate of drug-likeness (QED) is 0.694. The number of ether oxygens (including phenoxy) is 1. The first-order chi connectivity index (χ1) is 8.72. The predicted molar refractivity (Wildman–Crippen MR) is 66.1 cm³/mol. The molecule has 0 aliphatic carbocycles. The van der Waals surface area contributed by atoms with Gasteiger partial charge in [0.1, 0.15) is 12.1 Å². The van der Waals surface area contributed by atoms with Crippen LogP contribution < -0.4 is 4.90 Å². The van der Waals surface area contributed by atoms with Gasteiger partial charge in [0, 0.05) is 25.8 Å². The molecule has 0 bridgehead atoms. The minimum absolute atomic E-state index is 0.295. The summed E-state index contributed by atoms with van der Waals surface area (Å²) in [6.45, 7) is 1.37. The van der Waals surface area contributed by atoms with Gasteiger partial charge in [0.05, 0.1) is 24.8 Å². The third kappa shape index (κ3) is 3.82. The third-order valence-corrected chi connectivity index (χ3v) is 2.51. The van der Waals surface area contributed by atoms with Gasteiger partial charge in [0.25, 0.3) is 0 Å². The van der Waals surface area contributed by atoms with Crippen molar-refractivity contribution < 1.29 is 13.9 Å². The lowest BCUT2D eigenvalue weighted by atomic mass is 10.2. The number of hydrogen-bond donors (Lipinski definition) is 0. The Balaban J connectivity index is 2.89. The van der Waals surface area contributed by atoms with E-state index in [-0.39, 0.29) is 0 Å². The second-order valence-electron chi connectivity index (χ2n) is 3.72. The Hall–Kier alpha value is -1.93. The monoisotopic (exact) mass is 250 g/mol. The molecule has 0 fully saturated rings. The maximum atomic E-state index is 13.8. The lowest BCUT2D eigenvalue weighted by molar-refractivity contribution is 0.112. The van der Waals surface area contributed by atoms with Crippen molar-refractivity contribution in [3.8, 4) is 6.07 Å². The van der Waals surface area contributed by atoms with Crippen LogP contribution in [-0.4, -0.2) is 33.1 Å². The first-order valence-corrected chi connectivity index (χ1v) is 5.58. The molecule has 0 heterocycles. The number of nitrogens with zero attached hydrogens (tertiary/aromatic N) is 2. The first kappa shape index (κ1) is 14.1. The number of halogens is 1. The summed E-state index contributed by atoms with van der Waals surface area (Å²) in [5.74, 6) is -0.464. The van der Waals surface area contributed by atoms with Crippen molar-refractivity contribution in [1.82, 2.24) is 0 Å². The average molecular weight is 250 g/mol. The van der Waals surface area contributed by atoms with E-state index in [0.29, 0.717) is 43.7 Å². The van der Waals surface area contributed by atoms with E-state index in [1.807, 2.05) is 6.07 Å². The second-order valence-corrected chi connectivity index (χ2v) is 3.72. The molecule has 0 N–H and O–H groups in total. The highest BCUT2D eigenvalue weighted by atomic mass is 19.1. The number of methoxy groups -OCH3 is 1. The van der Waals surface area contributed by atoms with Crippen molar-refractivity contribution in [3.63, 3.8) is 0 Å². The Morgan fingerprint density at radius 3 is 2.83 bits per heavy atom. The molecule has 0 saturated carbocycles. The van der Waals surface area contributed by atoms with E-state index in [1.165, 1.54) is 6.07 Å². The van der Waals surface area contributed by atoms with E-state index < -0.39 is 5.82 Å². The topological polar surface area (TPSA) is 53.3 Å². The molecule has 1 aromatic rings. The van der Waals surface area contributed by atoms with Crippen molar-refractivity contribution in [2.45, 2.75) is 6.42 Å². The average Bonchev–Trinajstić information content (AvgIpc) is 2.39. The molecule has 0 atom stereocenters. The zero-order valence-corrected chi connectivity index (χ0v) is 10.2. The van der Waals surface area contributed by atoms with Gasteiger partial charge in [-0.1, -0.05) is 0 Å². The van der Waals surface area contributed by atoms with Gasteiger partial charge in [-0.3, -0.25) is 4.79 Å². The molecule has 96 valence electrons. The second kappa shape index (κ2) is 7.41. The normalized spacial score (nSPS) is 9.83. The molecule has 0 aliphatic rings. The van der Waals surface area contributed by atoms with Gasteiger partial charge in [0.2, 0.25) is 0 Å². The van der Waals surface area contributed by atoms with Gasteiger partial charge >= 0.3 is 0 Å². The van der Waals surface area contributed by atoms with Gasteiger partial charge in [-0.2, -0.15) is 5.26 Å².